The molecule has 2 heterocycles. The van der Waals surface area contributed by atoms with Crippen molar-refractivity contribution < 1.29 is 4.79 Å². The van der Waals surface area contributed by atoms with E-state index in [2.05, 4.69) is 18.7 Å². The number of hydrogen-bond donors (Lipinski definition) is 0. The lowest BCUT2D eigenvalue weighted by Gasteiger charge is -2.36. The minimum atomic E-state index is -0.570. The van der Waals surface area contributed by atoms with E-state index in [0.29, 0.717) is 19.0 Å². The molecule has 0 aliphatic carbocycles. The Bertz CT molecular complexity index is 834. The molecule has 0 bridgehead atoms. The normalized spacial score (nSPS) is 14.0. The number of amides is 1. The summed E-state index contributed by atoms with van der Waals surface area (Å²) in [6.07, 6.45) is 0.732. The van der Waals surface area contributed by atoms with Gasteiger partial charge in [-0.25, -0.2) is 9.97 Å². The molecule has 3 rings (SSSR count). The highest BCUT2D eigenvalue weighted by Crippen LogP contribution is 2.31. The van der Waals surface area contributed by atoms with Crippen molar-refractivity contribution in [3.05, 3.63) is 41.6 Å². The topological polar surface area (TPSA) is 49.3 Å². The van der Waals surface area contributed by atoms with Gasteiger partial charge in [0.15, 0.2) is 5.82 Å². The van der Waals surface area contributed by atoms with Gasteiger partial charge in [-0.3, -0.25) is 4.79 Å². The van der Waals surface area contributed by atoms with E-state index in [0.717, 1.165) is 48.0 Å². The monoisotopic (exact) mass is 400 g/mol. The first-order chi connectivity index (χ1) is 13.4. The number of carbonyl (C=O) groups excluding carboxylic acids is 1. The van der Waals surface area contributed by atoms with Gasteiger partial charge in [0.2, 0.25) is 5.91 Å². The Morgan fingerprint density at radius 1 is 1.18 bits per heavy atom. The Morgan fingerprint density at radius 3 is 2.46 bits per heavy atom. The van der Waals surface area contributed by atoms with Crippen LogP contribution in [-0.2, 0) is 17.8 Å². The molecule has 28 heavy (non-hydrogen) atoms. The van der Waals surface area contributed by atoms with Crippen LogP contribution in [0.15, 0.2) is 30.3 Å². The molecule has 0 saturated heterocycles. The van der Waals surface area contributed by atoms with E-state index in [4.69, 9.17) is 21.6 Å². The Kier molecular flexibility index (Phi) is 6.23. The summed E-state index contributed by atoms with van der Waals surface area (Å²) in [7, 11) is 0. The van der Waals surface area contributed by atoms with Gasteiger partial charge in [-0.05, 0) is 27.7 Å². The van der Waals surface area contributed by atoms with Crippen molar-refractivity contribution in [1.29, 1.82) is 0 Å². The minimum Gasteiger partial charge on any atom is -0.357 e. The predicted octanol–water partition coefficient (Wildman–Crippen LogP) is 4.14. The van der Waals surface area contributed by atoms with Crippen LogP contribution in [0.25, 0.3) is 11.4 Å². The minimum absolute atomic E-state index is 0.0887. The number of anilines is 1. The van der Waals surface area contributed by atoms with Gasteiger partial charge in [-0.1, -0.05) is 30.3 Å². The summed E-state index contributed by atoms with van der Waals surface area (Å²) in [5.74, 6) is 2.09. The van der Waals surface area contributed by atoms with E-state index >= 15 is 0 Å². The SMILES string of the molecule is CCN(CC)c1nc(-c2ccccc2)nc2c1CN(C(=O)C(C)(C)CCl)CC2. The van der Waals surface area contributed by atoms with Crippen molar-refractivity contribution in [3.63, 3.8) is 0 Å². The molecule has 0 fully saturated rings. The van der Waals surface area contributed by atoms with E-state index in [9.17, 15) is 4.79 Å². The van der Waals surface area contributed by atoms with Crippen LogP contribution < -0.4 is 4.90 Å². The van der Waals surface area contributed by atoms with Gasteiger partial charge >= 0.3 is 0 Å². The maximum Gasteiger partial charge on any atom is 0.229 e. The number of halogens is 1. The summed E-state index contributed by atoms with van der Waals surface area (Å²) in [5.41, 5.74) is 2.55. The summed E-state index contributed by atoms with van der Waals surface area (Å²) in [5, 5.41) is 0. The van der Waals surface area contributed by atoms with Crippen molar-refractivity contribution in [1.82, 2.24) is 14.9 Å². The van der Waals surface area contributed by atoms with Gasteiger partial charge in [-0.15, -0.1) is 11.6 Å². The summed E-state index contributed by atoms with van der Waals surface area (Å²) >= 11 is 6.04. The van der Waals surface area contributed by atoms with Gasteiger partial charge in [-0.2, -0.15) is 0 Å². The van der Waals surface area contributed by atoms with Gasteiger partial charge in [0.25, 0.3) is 0 Å². The van der Waals surface area contributed by atoms with E-state index < -0.39 is 5.41 Å². The predicted molar refractivity (Wildman–Crippen MR) is 115 cm³/mol. The molecule has 1 amide bonds. The molecular formula is C22H29ClN4O. The Labute approximate surface area is 172 Å². The molecule has 1 aliphatic heterocycles. The molecule has 2 aromatic rings. The highest BCUT2D eigenvalue weighted by atomic mass is 35.5. The van der Waals surface area contributed by atoms with E-state index in [-0.39, 0.29) is 5.91 Å². The smallest absolute Gasteiger partial charge is 0.229 e. The first-order valence-corrected chi connectivity index (χ1v) is 10.5. The fourth-order valence-electron chi connectivity index (χ4n) is 3.56. The van der Waals surface area contributed by atoms with E-state index in [1.54, 1.807) is 0 Å². The zero-order chi connectivity index (χ0) is 20.3. The van der Waals surface area contributed by atoms with Gasteiger partial charge in [0.1, 0.15) is 5.82 Å². The van der Waals surface area contributed by atoms with E-state index in [1.807, 2.05) is 49.1 Å². The first-order valence-electron chi connectivity index (χ1n) is 9.96. The lowest BCUT2D eigenvalue weighted by atomic mass is 9.92. The molecular weight excluding hydrogens is 372 g/mol. The van der Waals surface area contributed by atoms with Crippen molar-refractivity contribution in [2.75, 3.05) is 30.4 Å². The highest BCUT2D eigenvalue weighted by Gasteiger charge is 2.34. The average Bonchev–Trinajstić information content (AvgIpc) is 2.74. The third-order valence-electron chi connectivity index (χ3n) is 5.33. The van der Waals surface area contributed by atoms with Crippen LogP contribution in [-0.4, -0.2) is 46.3 Å². The van der Waals surface area contributed by atoms with Gasteiger partial charge < -0.3 is 9.80 Å². The number of carbonyl (C=O) groups is 1. The summed E-state index contributed by atoms with van der Waals surface area (Å²) in [4.78, 5) is 26.9. The fourth-order valence-corrected chi connectivity index (χ4v) is 3.67. The fraction of sp³-hybridized carbons (Fsp3) is 0.500. The lowest BCUT2D eigenvalue weighted by molar-refractivity contribution is -0.140. The molecule has 0 atom stereocenters. The second kappa shape index (κ2) is 8.48. The number of nitrogens with zero attached hydrogens (tertiary/aromatic N) is 4. The van der Waals surface area contributed by atoms with Crippen LogP contribution >= 0.6 is 11.6 Å². The Morgan fingerprint density at radius 2 is 1.86 bits per heavy atom. The van der Waals surface area contributed by atoms with Crippen molar-refractivity contribution >= 4 is 23.3 Å². The van der Waals surface area contributed by atoms with Crippen LogP contribution in [0.3, 0.4) is 0 Å². The number of alkyl halides is 1. The summed E-state index contributed by atoms with van der Waals surface area (Å²) in [6, 6.07) is 10.1. The number of hydrogen-bond acceptors (Lipinski definition) is 4. The largest absolute Gasteiger partial charge is 0.357 e. The van der Waals surface area contributed by atoms with E-state index in [1.165, 1.54) is 0 Å². The molecule has 0 radical (unpaired) electrons. The van der Waals surface area contributed by atoms with Crippen LogP contribution in [0.1, 0.15) is 39.0 Å². The van der Waals surface area contributed by atoms with Crippen LogP contribution in [0.2, 0.25) is 0 Å². The Hall–Kier alpha value is -2.14. The molecule has 0 spiro atoms. The molecule has 5 nitrogen and oxygen atoms in total. The van der Waals surface area contributed by atoms with Crippen LogP contribution in [0.5, 0.6) is 0 Å². The van der Waals surface area contributed by atoms with Crippen LogP contribution in [0, 0.1) is 5.41 Å². The molecule has 0 N–H and O–H groups in total. The molecule has 0 unspecified atom stereocenters. The summed E-state index contributed by atoms with van der Waals surface area (Å²) in [6.45, 7) is 11.0. The maximum atomic E-state index is 13.0. The average molecular weight is 401 g/mol. The Balaban J connectivity index is 2.04. The lowest BCUT2D eigenvalue weighted by Crippen LogP contribution is -2.45. The quantitative estimate of drug-likeness (QED) is 0.684. The second-order valence-corrected chi connectivity index (χ2v) is 8.10. The zero-order valence-corrected chi connectivity index (χ0v) is 18.0. The number of benzene rings is 1. The molecule has 150 valence electrons. The second-order valence-electron chi connectivity index (χ2n) is 7.83. The maximum absolute atomic E-state index is 13.0. The van der Waals surface area contributed by atoms with Gasteiger partial charge in [0, 0.05) is 43.1 Å². The van der Waals surface area contributed by atoms with Crippen molar-refractivity contribution in [2.24, 2.45) is 5.41 Å². The van der Waals surface area contributed by atoms with Crippen molar-refractivity contribution in [3.8, 4) is 11.4 Å². The first kappa shape index (κ1) is 20.6. The number of fused-ring (bicyclic) bond motifs is 1. The van der Waals surface area contributed by atoms with Gasteiger partial charge in [0.05, 0.1) is 17.7 Å². The molecule has 1 aromatic heterocycles. The third-order valence-corrected chi connectivity index (χ3v) is 6.00. The number of rotatable bonds is 6. The third kappa shape index (κ3) is 4.00. The molecule has 6 heteroatoms. The summed E-state index contributed by atoms with van der Waals surface area (Å²) < 4.78 is 0. The van der Waals surface area contributed by atoms with Crippen molar-refractivity contribution in [2.45, 2.75) is 40.7 Å². The molecule has 0 saturated carbocycles. The zero-order valence-electron chi connectivity index (χ0n) is 17.2. The molecule has 1 aliphatic rings. The standard InChI is InChI=1S/C22H29ClN4O/c1-5-26(6-2)20-17-14-27(21(28)22(3,4)15-23)13-12-18(17)24-19(25-20)16-10-8-7-9-11-16/h7-11H,5-6,12-15H2,1-4H3. The highest BCUT2D eigenvalue weighted by molar-refractivity contribution is 6.19. The molecule has 1 aromatic carbocycles. The number of aromatic nitrogens is 2. The van der Waals surface area contributed by atoms with Crippen LogP contribution in [0.4, 0.5) is 5.82 Å².